The summed E-state index contributed by atoms with van der Waals surface area (Å²) in [5, 5.41) is 17.2. The molecule has 0 aliphatic carbocycles. The minimum Gasteiger partial charge on any atom is -0.372 e. The third-order valence-electron chi connectivity index (χ3n) is 5.13. The Labute approximate surface area is 195 Å². The highest BCUT2D eigenvalue weighted by atomic mass is 32.2. The Hall–Kier alpha value is -3.29. The Morgan fingerprint density at radius 3 is 2.73 bits per heavy atom. The minimum absolute atomic E-state index is 0.0356. The molecule has 33 heavy (non-hydrogen) atoms. The average Bonchev–Trinajstić information content (AvgIpc) is 3.20. The van der Waals surface area contributed by atoms with Crippen molar-refractivity contribution >= 4 is 28.5 Å². The average molecular weight is 472 g/mol. The van der Waals surface area contributed by atoms with E-state index in [1.165, 1.54) is 12.1 Å². The van der Waals surface area contributed by atoms with E-state index in [9.17, 15) is 13.6 Å². The fourth-order valence-electron chi connectivity index (χ4n) is 3.34. The van der Waals surface area contributed by atoms with E-state index in [-0.39, 0.29) is 23.6 Å². The second-order valence-electron chi connectivity index (χ2n) is 7.26. The number of nitrogens with one attached hydrogen (secondary N) is 1. The van der Waals surface area contributed by atoms with Crippen LogP contribution in [0, 0.1) is 23.1 Å². The number of hydrogen-bond donors (Lipinski definition) is 1. The minimum atomic E-state index is -1.09. The van der Waals surface area contributed by atoms with Crippen molar-refractivity contribution in [2.24, 2.45) is 10.1 Å². The summed E-state index contributed by atoms with van der Waals surface area (Å²) in [6, 6.07) is 12.3. The fourth-order valence-corrected chi connectivity index (χ4v) is 4.72. The summed E-state index contributed by atoms with van der Waals surface area (Å²) in [4.78, 5) is 16.6. The number of nitrogens with zero attached hydrogens (tertiary/aromatic N) is 4. The predicted octanol–water partition coefficient (Wildman–Crippen LogP) is 3.97. The van der Waals surface area contributed by atoms with Gasteiger partial charge in [0, 0.05) is 25.6 Å². The SMILES string of the molecule is COC(C)C(=O)N1N=C(c2cc(F)ccc2F)SC1(CCN=C(C)NC#N)c1ccccc1. The van der Waals surface area contributed by atoms with Gasteiger partial charge in [-0.3, -0.25) is 15.1 Å². The van der Waals surface area contributed by atoms with Gasteiger partial charge in [0.05, 0.1) is 0 Å². The standard InChI is InChI=1S/C23H23F2N5O2S/c1-15(32-3)22(31)30-23(17-7-5-4-6-8-17,11-12-27-16(2)28-14-26)33-21(29-30)19-13-18(24)9-10-20(19)25/h4-10,13,15H,11-12H2,1-3H3,(H,27,28). The number of thioether (sulfide) groups is 1. The highest BCUT2D eigenvalue weighted by Crippen LogP contribution is 2.50. The Bertz CT molecular complexity index is 1120. The van der Waals surface area contributed by atoms with Crippen molar-refractivity contribution in [3.63, 3.8) is 0 Å². The Morgan fingerprint density at radius 1 is 1.33 bits per heavy atom. The van der Waals surface area contributed by atoms with E-state index in [1.54, 1.807) is 13.8 Å². The van der Waals surface area contributed by atoms with Crippen molar-refractivity contribution in [3.05, 3.63) is 71.3 Å². The summed E-state index contributed by atoms with van der Waals surface area (Å²) in [6.07, 6.45) is 1.28. The van der Waals surface area contributed by atoms with E-state index >= 15 is 0 Å². The second-order valence-corrected chi connectivity index (χ2v) is 8.53. The molecule has 0 fully saturated rings. The number of carbonyl (C=O) groups excluding carboxylic acids is 1. The van der Waals surface area contributed by atoms with E-state index in [1.807, 2.05) is 36.5 Å². The number of benzene rings is 2. The van der Waals surface area contributed by atoms with Crippen LogP contribution in [-0.2, 0) is 14.4 Å². The molecule has 0 spiro atoms. The summed E-state index contributed by atoms with van der Waals surface area (Å²) in [7, 11) is 1.41. The highest BCUT2D eigenvalue weighted by molar-refractivity contribution is 8.15. The quantitative estimate of drug-likeness (QED) is 0.286. The zero-order valence-corrected chi connectivity index (χ0v) is 19.2. The third-order valence-corrected chi connectivity index (χ3v) is 6.57. The molecule has 0 aromatic heterocycles. The van der Waals surface area contributed by atoms with Gasteiger partial charge in [-0.25, -0.2) is 13.8 Å². The molecule has 0 saturated carbocycles. The molecule has 172 valence electrons. The molecule has 1 heterocycles. The van der Waals surface area contributed by atoms with E-state index in [0.717, 1.165) is 35.5 Å². The number of nitriles is 1. The Balaban J connectivity index is 2.12. The first-order valence-corrected chi connectivity index (χ1v) is 11.0. The molecule has 2 unspecified atom stereocenters. The van der Waals surface area contributed by atoms with Crippen molar-refractivity contribution in [2.45, 2.75) is 31.2 Å². The van der Waals surface area contributed by atoms with Gasteiger partial charge in [0.1, 0.15) is 33.5 Å². The monoisotopic (exact) mass is 471 g/mol. The largest absolute Gasteiger partial charge is 0.372 e. The van der Waals surface area contributed by atoms with Crippen LogP contribution in [0.15, 0.2) is 58.6 Å². The number of hydrazone groups is 1. The molecule has 1 N–H and O–H groups in total. The van der Waals surface area contributed by atoms with Crippen molar-refractivity contribution in [3.8, 4) is 6.19 Å². The van der Waals surface area contributed by atoms with Gasteiger partial charge in [0.2, 0.25) is 0 Å². The summed E-state index contributed by atoms with van der Waals surface area (Å²) >= 11 is 1.15. The fraction of sp³-hybridized carbons (Fsp3) is 0.304. The van der Waals surface area contributed by atoms with Gasteiger partial charge in [-0.2, -0.15) is 10.4 Å². The molecule has 7 nitrogen and oxygen atoms in total. The first-order chi connectivity index (χ1) is 15.8. The van der Waals surface area contributed by atoms with Crippen molar-refractivity contribution in [2.75, 3.05) is 13.7 Å². The first kappa shape index (κ1) is 24.4. The van der Waals surface area contributed by atoms with Gasteiger partial charge >= 0.3 is 0 Å². The summed E-state index contributed by atoms with van der Waals surface area (Å²) in [6.45, 7) is 3.49. The molecular weight excluding hydrogens is 448 g/mol. The number of methoxy groups -OCH3 is 1. The second kappa shape index (κ2) is 10.6. The lowest BCUT2D eigenvalue weighted by molar-refractivity contribution is -0.144. The normalized spacial score (nSPS) is 19.1. The van der Waals surface area contributed by atoms with Crippen LogP contribution in [0.1, 0.15) is 31.4 Å². The molecule has 0 radical (unpaired) electrons. The van der Waals surface area contributed by atoms with Crippen LogP contribution in [0.3, 0.4) is 0 Å². The number of aliphatic imine (C=N–C) groups is 1. The molecule has 2 atom stereocenters. The van der Waals surface area contributed by atoms with Crippen molar-refractivity contribution < 1.29 is 18.3 Å². The Kier molecular flexibility index (Phi) is 7.79. The molecule has 0 bridgehead atoms. The van der Waals surface area contributed by atoms with Gasteiger partial charge in [-0.15, -0.1) is 0 Å². The van der Waals surface area contributed by atoms with Gasteiger partial charge in [0.15, 0.2) is 6.19 Å². The smallest absolute Gasteiger partial charge is 0.273 e. The van der Waals surface area contributed by atoms with Crippen LogP contribution in [0.5, 0.6) is 0 Å². The van der Waals surface area contributed by atoms with Crippen LogP contribution < -0.4 is 5.32 Å². The van der Waals surface area contributed by atoms with E-state index in [0.29, 0.717) is 5.84 Å². The molecule has 3 rings (SSSR count). The van der Waals surface area contributed by atoms with Gasteiger partial charge < -0.3 is 4.74 Å². The van der Waals surface area contributed by atoms with Gasteiger partial charge in [-0.1, -0.05) is 42.1 Å². The van der Waals surface area contributed by atoms with Gasteiger partial charge in [-0.05, 0) is 37.6 Å². The molecule has 0 saturated heterocycles. The van der Waals surface area contributed by atoms with E-state index in [2.05, 4.69) is 15.4 Å². The molecular formula is C23H23F2N5O2S. The maximum Gasteiger partial charge on any atom is 0.273 e. The molecule has 10 heteroatoms. The molecule has 2 aromatic carbocycles. The van der Waals surface area contributed by atoms with Crippen molar-refractivity contribution in [1.29, 1.82) is 5.26 Å². The number of halogens is 2. The number of carbonyl (C=O) groups is 1. The molecule has 1 aliphatic heterocycles. The molecule has 1 amide bonds. The number of rotatable bonds is 7. The number of amidine groups is 1. The van der Waals surface area contributed by atoms with Gasteiger partial charge in [0.25, 0.3) is 5.91 Å². The van der Waals surface area contributed by atoms with Crippen LogP contribution in [0.2, 0.25) is 0 Å². The maximum absolute atomic E-state index is 14.6. The summed E-state index contributed by atoms with van der Waals surface area (Å²) in [5.74, 6) is -1.27. The third kappa shape index (κ3) is 5.21. The topological polar surface area (TPSA) is 90.1 Å². The lowest BCUT2D eigenvalue weighted by atomic mass is 10.0. The molecule has 1 aliphatic rings. The first-order valence-electron chi connectivity index (χ1n) is 10.1. The highest BCUT2D eigenvalue weighted by Gasteiger charge is 2.49. The predicted molar refractivity (Wildman–Crippen MR) is 123 cm³/mol. The lowest BCUT2D eigenvalue weighted by Gasteiger charge is -2.36. The van der Waals surface area contributed by atoms with E-state index in [4.69, 9.17) is 10.00 Å². The summed E-state index contributed by atoms with van der Waals surface area (Å²) < 4.78 is 33.8. The number of ether oxygens (including phenoxy) is 1. The zero-order chi connectivity index (χ0) is 24.0. The van der Waals surface area contributed by atoms with Crippen LogP contribution in [-0.4, -0.2) is 41.6 Å². The lowest BCUT2D eigenvalue weighted by Crippen LogP contribution is -2.46. The number of hydrogen-bond acceptors (Lipinski definition) is 6. The van der Waals surface area contributed by atoms with Crippen LogP contribution in [0.25, 0.3) is 0 Å². The molecule has 2 aromatic rings. The van der Waals surface area contributed by atoms with Crippen LogP contribution in [0.4, 0.5) is 8.78 Å². The zero-order valence-electron chi connectivity index (χ0n) is 18.4. The number of amides is 1. The van der Waals surface area contributed by atoms with Crippen molar-refractivity contribution in [1.82, 2.24) is 10.3 Å². The summed E-state index contributed by atoms with van der Waals surface area (Å²) in [5.41, 5.74) is 0.704. The van der Waals surface area contributed by atoms with Crippen LogP contribution >= 0.6 is 11.8 Å². The maximum atomic E-state index is 14.6. The van der Waals surface area contributed by atoms with E-state index < -0.39 is 28.5 Å². The Morgan fingerprint density at radius 2 is 2.06 bits per heavy atom.